The molecule has 1 nitrogen and oxygen atoms in total. The average Bonchev–Trinajstić information content (AvgIpc) is 2.27. The van der Waals surface area contributed by atoms with Crippen molar-refractivity contribution >= 4 is 0 Å². The van der Waals surface area contributed by atoms with Crippen molar-refractivity contribution < 1.29 is 0 Å². The van der Waals surface area contributed by atoms with Gasteiger partial charge in [-0.05, 0) is 45.1 Å². The molecule has 0 aliphatic carbocycles. The number of nitrogens with zero attached hydrogens (tertiary/aromatic N) is 1. The molecule has 0 radical (unpaired) electrons. The van der Waals surface area contributed by atoms with Gasteiger partial charge in [-0.15, -0.1) is 0 Å². The first kappa shape index (κ1) is 14.0. The van der Waals surface area contributed by atoms with E-state index in [4.69, 9.17) is 5.26 Å². The molecule has 0 fully saturated rings. The molecular formula is C14H23N. The van der Waals surface area contributed by atoms with Crippen LogP contribution in [0, 0.1) is 11.3 Å². The summed E-state index contributed by atoms with van der Waals surface area (Å²) in [5.74, 6) is 0. The fourth-order valence-electron chi connectivity index (χ4n) is 1.90. The van der Waals surface area contributed by atoms with Crippen LogP contribution in [0.1, 0.15) is 59.8 Å². The zero-order valence-corrected chi connectivity index (χ0v) is 10.6. The highest BCUT2D eigenvalue weighted by Gasteiger charge is 2.04. The van der Waals surface area contributed by atoms with Gasteiger partial charge >= 0.3 is 0 Å². The normalized spacial score (nSPS) is 13.4. The molecule has 84 valence electrons. The van der Waals surface area contributed by atoms with E-state index >= 15 is 0 Å². The van der Waals surface area contributed by atoms with E-state index in [1.165, 1.54) is 16.7 Å². The molecule has 1 heteroatoms. The lowest BCUT2D eigenvalue weighted by molar-refractivity contribution is 0.790. The van der Waals surface area contributed by atoms with Crippen molar-refractivity contribution in [2.24, 2.45) is 0 Å². The highest BCUT2D eigenvalue weighted by molar-refractivity contribution is 5.33. The highest BCUT2D eigenvalue weighted by Crippen LogP contribution is 2.24. The summed E-state index contributed by atoms with van der Waals surface area (Å²) in [4.78, 5) is 0. The minimum absolute atomic E-state index is 0.676. The Morgan fingerprint density at radius 3 is 2.33 bits per heavy atom. The zero-order chi connectivity index (χ0) is 11.7. The summed E-state index contributed by atoms with van der Waals surface area (Å²) in [6.07, 6.45) is 7.15. The number of unbranched alkanes of at least 4 members (excludes halogenated alkanes) is 1. The van der Waals surface area contributed by atoms with E-state index in [-0.39, 0.29) is 0 Å². The van der Waals surface area contributed by atoms with Crippen LogP contribution in [0.3, 0.4) is 0 Å². The summed E-state index contributed by atoms with van der Waals surface area (Å²) in [6.45, 7) is 8.69. The number of hydrogen-bond donors (Lipinski definition) is 0. The van der Waals surface area contributed by atoms with Gasteiger partial charge in [0.25, 0.3) is 0 Å². The Hall–Kier alpha value is -1.03. The molecule has 0 unspecified atom stereocenters. The molecule has 0 aromatic carbocycles. The van der Waals surface area contributed by atoms with Crippen molar-refractivity contribution in [1.29, 1.82) is 5.26 Å². The van der Waals surface area contributed by atoms with Crippen LogP contribution in [0.25, 0.3) is 0 Å². The van der Waals surface area contributed by atoms with Crippen molar-refractivity contribution in [3.05, 3.63) is 22.8 Å². The van der Waals surface area contributed by atoms with Crippen LogP contribution < -0.4 is 0 Å². The van der Waals surface area contributed by atoms with Crippen LogP contribution in [-0.4, -0.2) is 0 Å². The SMILES string of the molecule is C/C=C(C)\C(CC)=C(\CC)CCCC#N. The maximum Gasteiger partial charge on any atom is 0.0621 e. The summed E-state index contributed by atoms with van der Waals surface area (Å²) >= 11 is 0. The first-order chi connectivity index (χ1) is 7.21. The van der Waals surface area contributed by atoms with Crippen molar-refractivity contribution in [3.63, 3.8) is 0 Å². The van der Waals surface area contributed by atoms with E-state index < -0.39 is 0 Å². The Morgan fingerprint density at radius 1 is 1.27 bits per heavy atom. The number of nitriles is 1. The molecule has 0 saturated carbocycles. The van der Waals surface area contributed by atoms with Gasteiger partial charge in [0, 0.05) is 6.42 Å². The van der Waals surface area contributed by atoms with Crippen LogP contribution in [-0.2, 0) is 0 Å². The van der Waals surface area contributed by atoms with E-state index in [1.807, 2.05) is 0 Å². The van der Waals surface area contributed by atoms with Gasteiger partial charge < -0.3 is 0 Å². The summed E-state index contributed by atoms with van der Waals surface area (Å²) in [5, 5.41) is 8.53. The minimum Gasteiger partial charge on any atom is -0.198 e. The van der Waals surface area contributed by atoms with E-state index in [0.29, 0.717) is 6.42 Å². The quantitative estimate of drug-likeness (QED) is 0.453. The van der Waals surface area contributed by atoms with Crippen LogP contribution in [0.15, 0.2) is 22.8 Å². The predicted octanol–water partition coefficient (Wildman–Crippen LogP) is 4.76. The van der Waals surface area contributed by atoms with Crippen LogP contribution >= 0.6 is 0 Å². The third-order valence-electron chi connectivity index (χ3n) is 2.88. The summed E-state index contributed by atoms with van der Waals surface area (Å²) < 4.78 is 0. The molecule has 0 aromatic heterocycles. The lowest BCUT2D eigenvalue weighted by Crippen LogP contribution is -1.93. The Morgan fingerprint density at radius 2 is 1.93 bits per heavy atom. The molecule has 0 heterocycles. The van der Waals surface area contributed by atoms with E-state index in [9.17, 15) is 0 Å². The Kier molecular flexibility index (Phi) is 7.72. The van der Waals surface area contributed by atoms with Gasteiger partial charge in [-0.1, -0.05) is 31.1 Å². The molecular weight excluding hydrogens is 182 g/mol. The number of allylic oxidation sites excluding steroid dienone is 4. The van der Waals surface area contributed by atoms with Gasteiger partial charge in [-0.2, -0.15) is 5.26 Å². The largest absolute Gasteiger partial charge is 0.198 e. The Labute approximate surface area is 94.5 Å². The molecule has 0 aliphatic rings. The zero-order valence-electron chi connectivity index (χ0n) is 10.6. The molecule has 0 rings (SSSR count). The van der Waals surface area contributed by atoms with Crippen molar-refractivity contribution in [3.8, 4) is 6.07 Å². The lowest BCUT2D eigenvalue weighted by atomic mass is 9.93. The summed E-state index contributed by atoms with van der Waals surface area (Å²) in [7, 11) is 0. The van der Waals surface area contributed by atoms with E-state index in [2.05, 4.69) is 39.8 Å². The topological polar surface area (TPSA) is 23.8 Å². The van der Waals surface area contributed by atoms with Gasteiger partial charge in [0.15, 0.2) is 0 Å². The second-order valence-corrected chi connectivity index (χ2v) is 3.77. The molecule has 0 saturated heterocycles. The standard InChI is InChI=1S/C14H23N/c1-5-12(4)14(7-3)13(6-2)10-8-9-11-15/h5H,6-10H2,1-4H3/b12-5-,14-13-. The third kappa shape index (κ3) is 4.83. The van der Waals surface area contributed by atoms with E-state index in [1.54, 1.807) is 0 Å². The molecule has 0 atom stereocenters. The second kappa shape index (κ2) is 8.29. The molecule has 0 aliphatic heterocycles. The van der Waals surface area contributed by atoms with Gasteiger partial charge in [-0.25, -0.2) is 0 Å². The molecule has 0 amide bonds. The third-order valence-corrected chi connectivity index (χ3v) is 2.88. The maximum absolute atomic E-state index is 8.53. The highest BCUT2D eigenvalue weighted by atomic mass is 14.2. The Balaban J connectivity index is 4.68. The van der Waals surface area contributed by atoms with Crippen molar-refractivity contribution in [2.75, 3.05) is 0 Å². The molecule has 0 aromatic rings. The fraction of sp³-hybridized carbons (Fsp3) is 0.643. The maximum atomic E-state index is 8.53. The summed E-state index contributed by atoms with van der Waals surface area (Å²) in [5.41, 5.74) is 4.42. The first-order valence-corrected chi connectivity index (χ1v) is 5.92. The smallest absolute Gasteiger partial charge is 0.0621 e. The number of rotatable bonds is 6. The summed E-state index contributed by atoms with van der Waals surface area (Å²) in [6, 6.07) is 2.21. The second-order valence-electron chi connectivity index (χ2n) is 3.77. The predicted molar refractivity (Wildman–Crippen MR) is 66.5 cm³/mol. The Bertz CT molecular complexity index is 276. The van der Waals surface area contributed by atoms with Crippen LogP contribution in [0.5, 0.6) is 0 Å². The van der Waals surface area contributed by atoms with Gasteiger partial charge in [0.05, 0.1) is 6.07 Å². The monoisotopic (exact) mass is 205 g/mol. The molecule has 0 bridgehead atoms. The van der Waals surface area contributed by atoms with Gasteiger partial charge in [0.1, 0.15) is 0 Å². The molecule has 0 spiro atoms. The lowest BCUT2D eigenvalue weighted by Gasteiger charge is -2.13. The average molecular weight is 205 g/mol. The van der Waals surface area contributed by atoms with Gasteiger partial charge in [-0.3, -0.25) is 0 Å². The van der Waals surface area contributed by atoms with Crippen LogP contribution in [0.2, 0.25) is 0 Å². The first-order valence-electron chi connectivity index (χ1n) is 5.92. The van der Waals surface area contributed by atoms with Crippen molar-refractivity contribution in [1.82, 2.24) is 0 Å². The van der Waals surface area contributed by atoms with E-state index in [0.717, 1.165) is 25.7 Å². The fourth-order valence-corrected chi connectivity index (χ4v) is 1.90. The molecule has 15 heavy (non-hydrogen) atoms. The number of hydrogen-bond acceptors (Lipinski definition) is 1. The molecule has 0 N–H and O–H groups in total. The minimum atomic E-state index is 0.676. The van der Waals surface area contributed by atoms with Gasteiger partial charge in [0.2, 0.25) is 0 Å². The van der Waals surface area contributed by atoms with Crippen LogP contribution in [0.4, 0.5) is 0 Å². The van der Waals surface area contributed by atoms with Crippen molar-refractivity contribution in [2.45, 2.75) is 59.8 Å².